The number of benzene rings is 3. The second kappa shape index (κ2) is 31.3. The fourth-order valence-electron chi connectivity index (χ4n) is 9.20. The smallest absolute Gasteiger partial charge is 0.317 e. The minimum absolute atomic E-state index is 0.0757. The van der Waals surface area contributed by atoms with E-state index in [0.717, 1.165) is 5.56 Å². The zero-order valence-corrected chi connectivity index (χ0v) is 46.5. The molecule has 27 heteroatoms. The second-order valence-electron chi connectivity index (χ2n) is 20.1. The highest BCUT2D eigenvalue weighted by molar-refractivity contribution is 7.78. The van der Waals surface area contributed by atoms with Gasteiger partial charge in [0.15, 0.2) is 0 Å². The number of aliphatic hydroxyl groups excluding tert-OH is 8. The minimum atomic E-state index is -1.66. The fraction of sp³-hybridized carbons (Fsp3) is 0.373. The topological polar surface area (TPSA) is 396 Å². The molecule has 10 atom stereocenters. The number of pyridine rings is 2. The Balaban J connectivity index is 1.23. The predicted octanol–water partition coefficient (Wildman–Crippen LogP) is -0.445. The third kappa shape index (κ3) is 19.4. The molecule has 2 fully saturated rings. The Morgan fingerprint density at radius 2 is 0.837 bits per heavy atom. The number of isothiocyanates is 1. The van der Waals surface area contributed by atoms with Gasteiger partial charge in [-0.25, -0.2) is 0 Å². The molecule has 2 aromatic heterocycles. The van der Waals surface area contributed by atoms with Crippen LogP contribution in [0.25, 0.3) is 0 Å². The molecule has 0 saturated carbocycles. The zero-order valence-electron chi connectivity index (χ0n) is 45.7. The van der Waals surface area contributed by atoms with Crippen molar-refractivity contribution in [3.05, 3.63) is 148 Å². The van der Waals surface area contributed by atoms with Gasteiger partial charge in [0.25, 0.3) is 0 Å². The molecule has 86 heavy (non-hydrogen) atoms. The summed E-state index contributed by atoms with van der Waals surface area (Å²) in [7, 11) is 0. The van der Waals surface area contributed by atoms with Crippen LogP contribution in [0.2, 0.25) is 0 Å². The van der Waals surface area contributed by atoms with Crippen molar-refractivity contribution in [1.29, 1.82) is 0 Å². The van der Waals surface area contributed by atoms with Gasteiger partial charge in [-0.15, -0.1) is 0 Å². The van der Waals surface area contributed by atoms with Crippen molar-refractivity contribution in [3.8, 4) is 35.2 Å². The molecule has 454 valence electrons. The number of nitrogens with zero attached hydrogens (tertiary/aromatic N) is 6. The average Bonchev–Trinajstić information content (AvgIpc) is 2.74. The summed E-state index contributed by atoms with van der Waals surface area (Å²) in [5.41, 5.74) is 4.59. The molecular formula is C59H62N6O20S. The van der Waals surface area contributed by atoms with E-state index < -0.39 is 125 Å². The van der Waals surface area contributed by atoms with Gasteiger partial charge in [-0.3, -0.25) is 43.8 Å². The predicted molar refractivity (Wildman–Crippen MR) is 302 cm³/mol. The van der Waals surface area contributed by atoms with Crippen LogP contribution in [0.1, 0.15) is 50.6 Å². The highest BCUT2D eigenvalue weighted by Crippen LogP contribution is 2.27. The first-order chi connectivity index (χ1) is 41.1. The highest BCUT2D eigenvalue weighted by atomic mass is 32.1. The first-order valence-electron chi connectivity index (χ1n) is 26.5. The molecule has 26 nitrogen and oxygen atoms in total. The van der Waals surface area contributed by atoms with Gasteiger partial charge in [0, 0.05) is 55.0 Å². The number of hydrogen-bond donors (Lipinski definition) is 12. The zero-order chi connectivity index (χ0) is 62.0. The van der Waals surface area contributed by atoms with E-state index in [9.17, 15) is 80.5 Å². The number of carboxylic acids is 4. The van der Waals surface area contributed by atoms with Crippen LogP contribution in [0.15, 0.2) is 102 Å². The largest absolute Gasteiger partial charge is 0.480 e. The summed E-state index contributed by atoms with van der Waals surface area (Å²) in [6.45, 7) is -3.78. The first kappa shape index (κ1) is 65.4. The highest BCUT2D eigenvalue weighted by Gasteiger charge is 2.46. The molecule has 5 aromatic rings. The van der Waals surface area contributed by atoms with E-state index in [1.165, 1.54) is 34.1 Å². The lowest BCUT2D eigenvalue weighted by Crippen LogP contribution is -2.60. The van der Waals surface area contributed by atoms with Gasteiger partial charge in [-0.1, -0.05) is 35.8 Å². The van der Waals surface area contributed by atoms with Crippen LogP contribution in [-0.2, 0) is 61.3 Å². The van der Waals surface area contributed by atoms with Gasteiger partial charge in [0.1, 0.15) is 60.3 Å². The number of aliphatic hydroxyl groups is 8. The summed E-state index contributed by atoms with van der Waals surface area (Å²) in [6, 6.07) is 26.3. The van der Waals surface area contributed by atoms with Crippen molar-refractivity contribution in [2.75, 3.05) is 45.9 Å². The maximum Gasteiger partial charge on any atom is 0.317 e. The van der Waals surface area contributed by atoms with Gasteiger partial charge in [0.2, 0.25) is 12.6 Å². The summed E-state index contributed by atoms with van der Waals surface area (Å²) in [6.07, 6.45) is -14.6. The molecule has 2 aliphatic rings. The average molecular weight is 1210 g/mol. The van der Waals surface area contributed by atoms with Crippen molar-refractivity contribution in [1.82, 2.24) is 24.7 Å². The van der Waals surface area contributed by atoms with E-state index in [0.29, 0.717) is 52.3 Å². The lowest BCUT2D eigenvalue weighted by Gasteiger charge is -2.39. The maximum atomic E-state index is 11.9. The normalized spacial score (nSPS) is 21.8. The lowest BCUT2D eigenvalue weighted by atomic mass is 9.99. The van der Waals surface area contributed by atoms with E-state index >= 15 is 0 Å². The number of aliphatic carboxylic acids is 4. The van der Waals surface area contributed by atoms with Gasteiger partial charge < -0.3 is 80.2 Å². The second-order valence-corrected chi connectivity index (χ2v) is 20.2. The van der Waals surface area contributed by atoms with E-state index in [1.807, 2.05) is 17.0 Å². The van der Waals surface area contributed by atoms with Gasteiger partial charge in [-0.2, -0.15) is 4.99 Å². The van der Waals surface area contributed by atoms with Crippen molar-refractivity contribution < 1.29 is 99.4 Å². The van der Waals surface area contributed by atoms with E-state index in [1.54, 1.807) is 60.7 Å². The van der Waals surface area contributed by atoms with Crippen LogP contribution in [0, 0.1) is 23.7 Å². The number of carboxylic acid groups (broad SMARTS) is 4. The Morgan fingerprint density at radius 3 is 1.17 bits per heavy atom. The molecule has 0 amide bonds. The van der Waals surface area contributed by atoms with Gasteiger partial charge >= 0.3 is 23.9 Å². The summed E-state index contributed by atoms with van der Waals surface area (Å²) in [5.74, 6) is 7.60. The van der Waals surface area contributed by atoms with Crippen molar-refractivity contribution in [3.63, 3.8) is 0 Å². The van der Waals surface area contributed by atoms with Crippen LogP contribution < -0.4 is 9.47 Å². The van der Waals surface area contributed by atoms with Crippen LogP contribution >= 0.6 is 12.2 Å². The number of thiocarbonyl (C=S) groups is 1. The molecule has 0 aliphatic carbocycles. The molecule has 7 rings (SSSR count). The van der Waals surface area contributed by atoms with E-state index in [4.69, 9.17) is 41.1 Å². The standard InChI is InChI=1S/C59H62N6O20S/c66-31-46-52(76)54(78)56(80)58(84-46)82-44-13-7-34(8-14-44)1-3-37-19-40(61-42(21-37)25-64(27-48(68)69)28-49(70)71)23-63(18-17-36-5-11-39(12-6-36)60-33-86)24-41-20-38(22-43(62-41)26-65(29-50(72)73)30-51(74)75)4-2-35-9-15-45(16-10-35)83-59-57(81)55(79)53(77)47(32-67)85-59/h5-16,19-22,46-47,52-59,66-67,76-81H,17-18,23-32H2,(H,68,69)(H,70,71)(H,72,73)(H,74,75). The van der Waals surface area contributed by atoms with E-state index in [2.05, 4.69) is 33.8 Å². The Kier molecular flexibility index (Phi) is 23.8. The molecule has 10 unspecified atom stereocenters. The maximum absolute atomic E-state index is 11.9. The first-order valence-corrected chi connectivity index (χ1v) is 27.0. The Morgan fingerprint density at radius 1 is 0.488 bits per heavy atom. The molecule has 12 N–H and O–H groups in total. The van der Waals surface area contributed by atoms with Crippen molar-refractivity contribution in [2.45, 2.75) is 94.0 Å². The van der Waals surface area contributed by atoms with Crippen molar-refractivity contribution >= 4 is 46.9 Å². The minimum Gasteiger partial charge on any atom is -0.480 e. The van der Waals surface area contributed by atoms with E-state index in [-0.39, 0.29) is 49.1 Å². The number of carbonyl (C=O) groups is 4. The number of rotatable bonds is 26. The van der Waals surface area contributed by atoms with Crippen LogP contribution in [-0.4, -0.2) is 222 Å². The summed E-state index contributed by atoms with van der Waals surface area (Å²) >= 11 is 4.78. The number of aromatic nitrogens is 2. The van der Waals surface area contributed by atoms with Crippen LogP contribution in [0.5, 0.6) is 11.5 Å². The molecule has 3 aromatic carbocycles. The van der Waals surface area contributed by atoms with Crippen LogP contribution in [0.4, 0.5) is 5.69 Å². The molecule has 0 bridgehead atoms. The van der Waals surface area contributed by atoms with Crippen molar-refractivity contribution in [2.24, 2.45) is 4.99 Å². The third-order valence-electron chi connectivity index (χ3n) is 13.3. The number of ether oxygens (including phenoxy) is 4. The third-order valence-corrected chi connectivity index (χ3v) is 13.4. The Hall–Kier alpha value is -8.16. The molecule has 0 radical (unpaired) electrons. The Labute approximate surface area is 497 Å². The number of aliphatic imine (C=N–C) groups is 1. The molecular weight excluding hydrogens is 1140 g/mol. The molecule has 4 heterocycles. The summed E-state index contributed by atoms with van der Waals surface area (Å²) in [4.78, 5) is 65.8. The summed E-state index contributed by atoms with van der Waals surface area (Å²) < 4.78 is 22.4. The summed E-state index contributed by atoms with van der Waals surface area (Å²) in [5, 5.41) is 122. The van der Waals surface area contributed by atoms with Crippen LogP contribution in [0.3, 0.4) is 0 Å². The SMILES string of the molecule is O=C(O)CN(CC(=O)O)Cc1cc(C#Cc2ccc(OC3OC(CO)C(O)C(O)C3O)cc2)cc(CN(CCc2ccc(N=C=S)cc2)Cc2cc(C#Cc3ccc(OC4OC(CO)C(O)C(O)C4O)cc3)cc(CN(CC(=O)O)CC(=O)O)n2)n1. The van der Waals surface area contributed by atoms with Gasteiger partial charge in [-0.05, 0) is 109 Å². The Bertz CT molecular complexity index is 3110. The lowest BCUT2D eigenvalue weighted by molar-refractivity contribution is -0.277. The fourth-order valence-corrected chi connectivity index (χ4v) is 9.30. The quantitative estimate of drug-likeness (QED) is 0.0190. The molecule has 2 saturated heterocycles. The molecule has 0 spiro atoms. The molecule has 2 aliphatic heterocycles. The van der Waals surface area contributed by atoms with Gasteiger partial charge in [0.05, 0.1) is 73.0 Å². The monoisotopic (exact) mass is 1210 g/mol. The number of hydrogen-bond acceptors (Lipinski definition) is 23.